The Bertz CT molecular complexity index is 1120. The topological polar surface area (TPSA) is 60.9 Å². The molecule has 0 N–H and O–H groups in total. The largest absolute Gasteiger partial charge is 0.339 e. The van der Waals surface area contributed by atoms with Gasteiger partial charge in [-0.15, -0.1) is 11.8 Å². The van der Waals surface area contributed by atoms with E-state index in [1.165, 1.54) is 11.8 Å². The Morgan fingerprint density at radius 3 is 2.26 bits per heavy atom. The molecule has 6 nitrogen and oxygen atoms in total. The summed E-state index contributed by atoms with van der Waals surface area (Å²) < 4.78 is 28.5. The summed E-state index contributed by atoms with van der Waals surface area (Å²) in [4.78, 5) is 18.5. The predicted molar refractivity (Wildman–Crippen MR) is 143 cm³/mol. The average molecular weight is 514 g/mol. The molecule has 0 radical (unpaired) electrons. The number of likely N-dealkylation sites (tertiary alicyclic amines) is 1. The highest BCUT2D eigenvalue weighted by atomic mass is 32.2. The number of hydrogen-bond acceptors (Lipinski definition) is 5. The van der Waals surface area contributed by atoms with Gasteiger partial charge < -0.3 is 4.90 Å². The Morgan fingerprint density at radius 1 is 0.914 bits per heavy atom. The van der Waals surface area contributed by atoms with Crippen LogP contribution in [-0.4, -0.2) is 80.5 Å². The molecule has 8 heteroatoms. The molecule has 1 amide bonds. The van der Waals surface area contributed by atoms with Crippen molar-refractivity contribution in [3.8, 4) is 0 Å². The molecule has 2 aliphatic heterocycles. The van der Waals surface area contributed by atoms with Crippen LogP contribution in [0.1, 0.15) is 41.6 Å². The summed E-state index contributed by atoms with van der Waals surface area (Å²) in [6.07, 6.45) is 10.4. The number of carbonyl (C=O) groups excluding carboxylic acids is 1. The molecular weight excluding hydrogens is 478 g/mol. The van der Waals surface area contributed by atoms with Gasteiger partial charge in [0.05, 0.1) is 10.5 Å². The van der Waals surface area contributed by atoms with E-state index in [1.807, 2.05) is 29.4 Å². The normalized spacial score (nSPS) is 18.6. The zero-order chi connectivity index (χ0) is 24.7. The van der Waals surface area contributed by atoms with Crippen molar-refractivity contribution in [1.82, 2.24) is 14.1 Å². The van der Waals surface area contributed by atoms with Gasteiger partial charge in [0.15, 0.2) is 0 Å². The summed E-state index contributed by atoms with van der Waals surface area (Å²) in [5.41, 5.74) is 1.66. The molecule has 188 valence electrons. The van der Waals surface area contributed by atoms with E-state index in [1.54, 1.807) is 22.5 Å². The number of amides is 1. The smallest absolute Gasteiger partial charge is 0.255 e. The van der Waals surface area contributed by atoms with E-state index in [2.05, 4.69) is 29.2 Å². The van der Waals surface area contributed by atoms with Gasteiger partial charge in [-0.1, -0.05) is 55.3 Å². The number of nitrogens with zero attached hydrogens (tertiary/aromatic N) is 3. The molecule has 0 spiro atoms. The first-order chi connectivity index (χ1) is 17.0. The third-order valence-corrected chi connectivity index (χ3v) is 9.43. The van der Waals surface area contributed by atoms with Gasteiger partial charge in [0.25, 0.3) is 5.91 Å². The Kier molecular flexibility index (Phi) is 9.05. The highest BCUT2D eigenvalue weighted by Gasteiger charge is 2.30. The van der Waals surface area contributed by atoms with Crippen LogP contribution in [0.5, 0.6) is 0 Å². The number of rotatable bonds is 7. The molecule has 0 unspecified atom stereocenters. The minimum atomic E-state index is -3.66. The zero-order valence-corrected chi connectivity index (χ0v) is 22.1. The van der Waals surface area contributed by atoms with Gasteiger partial charge in [-0.3, -0.25) is 9.69 Å². The third-order valence-electron chi connectivity index (χ3n) is 6.74. The monoisotopic (exact) mass is 513 g/mol. The van der Waals surface area contributed by atoms with Crippen LogP contribution in [0.25, 0.3) is 6.08 Å². The van der Waals surface area contributed by atoms with Crippen LogP contribution in [0.3, 0.4) is 0 Å². The van der Waals surface area contributed by atoms with Gasteiger partial charge in [0, 0.05) is 50.7 Å². The number of benzene rings is 2. The molecule has 0 bridgehead atoms. The first-order valence-electron chi connectivity index (χ1n) is 12.4. The first-order valence-corrected chi connectivity index (χ1v) is 15.1. The fourth-order valence-corrected chi connectivity index (χ4v) is 6.68. The van der Waals surface area contributed by atoms with Gasteiger partial charge in [-0.25, -0.2) is 8.42 Å². The first kappa shape index (κ1) is 25.9. The molecule has 0 saturated carbocycles. The Labute approximate surface area is 214 Å². The van der Waals surface area contributed by atoms with Crippen molar-refractivity contribution >= 4 is 33.8 Å². The molecule has 4 rings (SSSR count). The molecule has 35 heavy (non-hydrogen) atoms. The van der Waals surface area contributed by atoms with Crippen molar-refractivity contribution in [2.45, 2.75) is 35.5 Å². The van der Waals surface area contributed by atoms with Crippen LogP contribution in [0.2, 0.25) is 0 Å². The molecule has 0 atom stereocenters. The minimum Gasteiger partial charge on any atom is -0.339 e. The zero-order valence-electron chi connectivity index (χ0n) is 20.4. The summed E-state index contributed by atoms with van der Waals surface area (Å²) in [7, 11) is -3.66. The van der Waals surface area contributed by atoms with Crippen LogP contribution in [0.4, 0.5) is 0 Å². The maximum atomic E-state index is 13.5. The fraction of sp³-hybridized carbons (Fsp3) is 0.444. The van der Waals surface area contributed by atoms with Crippen LogP contribution < -0.4 is 0 Å². The number of hydrogen-bond donors (Lipinski definition) is 0. The van der Waals surface area contributed by atoms with Crippen molar-refractivity contribution in [3.63, 3.8) is 0 Å². The Hall–Kier alpha value is -2.13. The molecule has 2 aliphatic rings. The summed E-state index contributed by atoms with van der Waals surface area (Å²) in [6, 6.07) is 15.2. The van der Waals surface area contributed by atoms with Crippen molar-refractivity contribution in [1.29, 1.82) is 0 Å². The van der Waals surface area contributed by atoms with Crippen molar-refractivity contribution in [2.75, 3.05) is 52.1 Å². The van der Waals surface area contributed by atoms with E-state index in [9.17, 15) is 13.2 Å². The molecule has 2 aromatic carbocycles. The van der Waals surface area contributed by atoms with E-state index in [0.717, 1.165) is 55.8 Å². The molecule has 2 aromatic rings. The van der Waals surface area contributed by atoms with E-state index in [4.69, 9.17) is 0 Å². The minimum absolute atomic E-state index is 0.0525. The molecular formula is C27H35N3O3S2. The van der Waals surface area contributed by atoms with Gasteiger partial charge in [0.2, 0.25) is 10.0 Å². The summed E-state index contributed by atoms with van der Waals surface area (Å²) >= 11 is 1.49. The SMILES string of the molecule is CSc1ccc(S(=O)(=O)N2CCN(C/C=C/c3ccccc3)CC2)cc1C(=O)N1CCCCCC1. The van der Waals surface area contributed by atoms with Gasteiger partial charge in [0.1, 0.15) is 0 Å². The second-order valence-electron chi connectivity index (χ2n) is 9.09. The maximum absolute atomic E-state index is 13.5. The molecule has 2 heterocycles. The third kappa shape index (κ3) is 6.55. The number of sulfonamides is 1. The maximum Gasteiger partial charge on any atom is 0.255 e. The lowest BCUT2D eigenvalue weighted by molar-refractivity contribution is 0.0758. The van der Waals surface area contributed by atoms with Gasteiger partial charge in [-0.2, -0.15) is 4.31 Å². The highest BCUT2D eigenvalue weighted by molar-refractivity contribution is 7.98. The summed E-state index contributed by atoms with van der Waals surface area (Å²) in [6.45, 7) is 4.53. The van der Waals surface area contributed by atoms with E-state index in [-0.39, 0.29) is 10.8 Å². The molecule has 0 aliphatic carbocycles. The molecule has 0 aromatic heterocycles. The van der Waals surface area contributed by atoms with Crippen LogP contribution in [-0.2, 0) is 10.0 Å². The Balaban J connectivity index is 1.42. The lowest BCUT2D eigenvalue weighted by Gasteiger charge is -2.33. The van der Waals surface area contributed by atoms with E-state index >= 15 is 0 Å². The second kappa shape index (κ2) is 12.2. The molecule has 2 fully saturated rings. The standard InChI is InChI=1S/C27H35N3O3S2/c1-34-26-14-13-24(22-25(26)27(31)29-16-7-2-3-8-17-29)35(32,33)30-20-18-28(19-21-30)15-9-12-23-10-5-4-6-11-23/h4-6,9-14,22H,2-3,7-8,15-21H2,1H3/b12-9+. The predicted octanol–water partition coefficient (Wildman–Crippen LogP) is 4.44. The number of thioether (sulfide) groups is 1. The summed E-state index contributed by atoms with van der Waals surface area (Å²) in [5, 5.41) is 0. The lowest BCUT2D eigenvalue weighted by Crippen LogP contribution is -2.48. The average Bonchev–Trinajstić information content (AvgIpc) is 3.18. The van der Waals surface area contributed by atoms with Crippen LogP contribution in [0, 0.1) is 0 Å². The van der Waals surface area contributed by atoms with Crippen molar-refractivity contribution < 1.29 is 13.2 Å². The van der Waals surface area contributed by atoms with Crippen LogP contribution in [0.15, 0.2) is 64.4 Å². The quantitative estimate of drug-likeness (QED) is 0.512. The van der Waals surface area contributed by atoms with Crippen molar-refractivity contribution in [3.05, 3.63) is 65.7 Å². The number of carbonyl (C=O) groups is 1. The lowest BCUT2D eigenvalue weighted by atomic mass is 10.2. The summed E-state index contributed by atoms with van der Waals surface area (Å²) in [5.74, 6) is -0.0525. The van der Waals surface area contributed by atoms with Gasteiger partial charge >= 0.3 is 0 Å². The highest BCUT2D eigenvalue weighted by Crippen LogP contribution is 2.28. The van der Waals surface area contributed by atoms with Crippen molar-refractivity contribution in [2.24, 2.45) is 0 Å². The van der Waals surface area contributed by atoms with Crippen LogP contribution >= 0.6 is 11.8 Å². The van der Waals surface area contributed by atoms with E-state index in [0.29, 0.717) is 31.7 Å². The fourth-order valence-electron chi connectivity index (χ4n) is 4.66. The Morgan fingerprint density at radius 2 is 1.60 bits per heavy atom. The van der Waals surface area contributed by atoms with E-state index < -0.39 is 10.0 Å². The number of piperazine rings is 1. The van der Waals surface area contributed by atoms with Gasteiger partial charge in [-0.05, 0) is 42.9 Å². The second-order valence-corrected chi connectivity index (χ2v) is 11.9. The molecule has 2 saturated heterocycles.